The number of carbonyl (C=O) groups is 1. The highest BCUT2D eigenvalue weighted by atomic mass is 16.5. The van der Waals surface area contributed by atoms with Crippen LogP contribution >= 0.6 is 0 Å². The van der Waals surface area contributed by atoms with Crippen LogP contribution in [0.15, 0.2) is 60.7 Å². The monoisotopic (exact) mass is 402 g/mol. The smallest absolute Gasteiger partial charge is 0.262 e. The number of pyridine rings is 1. The molecule has 0 saturated heterocycles. The molecule has 0 aliphatic rings. The molecule has 30 heavy (non-hydrogen) atoms. The number of para-hydroxylation sites is 3. The molecule has 2 aromatic heterocycles. The van der Waals surface area contributed by atoms with Crippen LogP contribution in [0.5, 0.6) is 17.4 Å². The zero-order valence-electron chi connectivity index (χ0n) is 17.0. The average molecular weight is 402 g/mol. The molecule has 0 fully saturated rings. The molecule has 2 aromatic carbocycles. The van der Waals surface area contributed by atoms with E-state index in [1.165, 1.54) is 0 Å². The minimum atomic E-state index is -0.310. The molecule has 0 spiro atoms. The van der Waals surface area contributed by atoms with E-state index >= 15 is 0 Å². The molecule has 0 bridgehead atoms. The van der Waals surface area contributed by atoms with E-state index in [1.54, 1.807) is 23.9 Å². The SMILES string of the molecule is Cc1cc(C)c2c(OCC(=O)Nc3ccccc3Oc3ccccc3)nn(C)c2n1. The van der Waals surface area contributed by atoms with E-state index in [9.17, 15) is 4.79 Å². The minimum Gasteiger partial charge on any atom is -0.466 e. The molecular weight excluding hydrogens is 380 g/mol. The van der Waals surface area contributed by atoms with Gasteiger partial charge in [0.1, 0.15) is 5.75 Å². The van der Waals surface area contributed by atoms with E-state index in [0.29, 0.717) is 23.1 Å². The van der Waals surface area contributed by atoms with E-state index in [0.717, 1.165) is 22.3 Å². The van der Waals surface area contributed by atoms with E-state index in [1.807, 2.05) is 62.4 Å². The maximum atomic E-state index is 12.5. The standard InChI is InChI=1S/C23H22N4O3/c1-15-13-16(2)24-22-21(15)23(26-27(22)3)29-14-20(28)25-18-11-7-8-12-19(18)30-17-9-5-4-6-10-17/h4-13H,14H2,1-3H3,(H,25,28). The third kappa shape index (κ3) is 4.10. The lowest BCUT2D eigenvalue weighted by Crippen LogP contribution is -2.20. The van der Waals surface area contributed by atoms with Crippen molar-refractivity contribution in [3.63, 3.8) is 0 Å². The third-order valence-corrected chi connectivity index (χ3v) is 4.56. The average Bonchev–Trinajstić information content (AvgIpc) is 3.04. The lowest BCUT2D eigenvalue weighted by molar-refractivity contribution is -0.118. The number of carbonyl (C=O) groups excluding carboxylic acids is 1. The first kappa shape index (κ1) is 19.4. The Hall–Kier alpha value is -3.87. The van der Waals surface area contributed by atoms with Crippen LogP contribution < -0.4 is 14.8 Å². The quantitative estimate of drug-likeness (QED) is 0.517. The molecule has 4 aromatic rings. The van der Waals surface area contributed by atoms with Crippen molar-refractivity contribution in [3.8, 4) is 17.4 Å². The first-order valence-corrected chi connectivity index (χ1v) is 9.57. The predicted molar refractivity (Wildman–Crippen MR) is 115 cm³/mol. The number of ether oxygens (including phenoxy) is 2. The molecular formula is C23H22N4O3. The van der Waals surface area contributed by atoms with E-state index < -0.39 is 0 Å². The number of hydrogen-bond acceptors (Lipinski definition) is 5. The van der Waals surface area contributed by atoms with Gasteiger partial charge < -0.3 is 14.8 Å². The fraction of sp³-hybridized carbons (Fsp3) is 0.174. The molecule has 1 N–H and O–H groups in total. The van der Waals surface area contributed by atoms with Gasteiger partial charge in [0.15, 0.2) is 18.0 Å². The number of rotatable bonds is 6. The van der Waals surface area contributed by atoms with Gasteiger partial charge in [0.2, 0.25) is 5.88 Å². The summed E-state index contributed by atoms with van der Waals surface area (Å²) in [4.78, 5) is 17.0. The summed E-state index contributed by atoms with van der Waals surface area (Å²) in [5.41, 5.74) is 3.20. The highest BCUT2D eigenvalue weighted by Gasteiger charge is 2.16. The van der Waals surface area contributed by atoms with Gasteiger partial charge in [-0.05, 0) is 49.7 Å². The molecule has 0 atom stereocenters. The van der Waals surface area contributed by atoms with E-state index in [4.69, 9.17) is 9.47 Å². The van der Waals surface area contributed by atoms with Crippen molar-refractivity contribution in [1.82, 2.24) is 14.8 Å². The number of anilines is 1. The molecule has 0 unspecified atom stereocenters. The second kappa shape index (κ2) is 8.24. The summed E-state index contributed by atoms with van der Waals surface area (Å²) in [6.45, 7) is 3.73. The van der Waals surface area contributed by atoms with Crippen molar-refractivity contribution in [2.45, 2.75) is 13.8 Å². The van der Waals surface area contributed by atoms with Gasteiger partial charge in [0.25, 0.3) is 5.91 Å². The van der Waals surface area contributed by atoms with Crippen molar-refractivity contribution >= 4 is 22.6 Å². The Kier molecular flexibility index (Phi) is 5.34. The number of aromatic nitrogens is 3. The second-order valence-electron chi connectivity index (χ2n) is 6.96. The highest BCUT2D eigenvalue weighted by molar-refractivity contribution is 5.94. The number of fused-ring (bicyclic) bond motifs is 1. The van der Waals surface area contributed by atoms with Gasteiger partial charge in [0, 0.05) is 12.7 Å². The zero-order chi connectivity index (χ0) is 21.1. The Labute approximate surface area is 174 Å². The summed E-state index contributed by atoms with van der Waals surface area (Å²) >= 11 is 0. The van der Waals surface area contributed by atoms with E-state index in [2.05, 4.69) is 15.4 Å². The van der Waals surface area contributed by atoms with Crippen LogP contribution in [0.25, 0.3) is 11.0 Å². The summed E-state index contributed by atoms with van der Waals surface area (Å²) in [5.74, 6) is 1.32. The van der Waals surface area contributed by atoms with Gasteiger partial charge in [-0.3, -0.25) is 4.79 Å². The van der Waals surface area contributed by atoms with Gasteiger partial charge >= 0.3 is 0 Å². The largest absolute Gasteiger partial charge is 0.466 e. The lowest BCUT2D eigenvalue weighted by atomic mass is 10.2. The van der Waals surface area contributed by atoms with Crippen molar-refractivity contribution in [2.75, 3.05) is 11.9 Å². The van der Waals surface area contributed by atoms with Gasteiger partial charge in [-0.2, -0.15) is 0 Å². The summed E-state index contributed by atoms with van der Waals surface area (Å²) in [6, 6.07) is 18.6. The molecule has 152 valence electrons. The lowest BCUT2D eigenvalue weighted by Gasteiger charge is -2.12. The predicted octanol–water partition coefficient (Wildman–Crippen LogP) is 4.39. The molecule has 0 saturated carbocycles. The topological polar surface area (TPSA) is 78.3 Å². The Morgan fingerprint density at radius 1 is 1.07 bits per heavy atom. The number of aryl methyl sites for hydroxylation is 3. The fourth-order valence-corrected chi connectivity index (χ4v) is 3.24. The third-order valence-electron chi connectivity index (χ3n) is 4.56. The summed E-state index contributed by atoms with van der Waals surface area (Å²) in [6.07, 6.45) is 0. The number of nitrogens with zero attached hydrogens (tertiary/aromatic N) is 3. The minimum absolute atomic E-state index is 0.181. The maximum absolute atomic E-state index is 12.5. The highest BCUT2D eigenvalue weighted by Crippen LogP contribution is 2.30. The molecule has 1 amide bonds. The molecule has 4 rings (SSSR count). The Bertz CT molecular complexity index is 1200. The summed E-state index contributed by atoms with van der Waals surface area (Å²) in [5, 5.41) is 8.02. The molecule has 0 radical (unpaired) electrons. The van der Waals surface area contributed by atoms with Crippen LogP contribution in [-0.2, 0) is 11.8 Å². The Morgan fingerprint density at radius 2 is 1.80 bits per heavy atom. The molecule has 7 heteroatoms. The molecule has 7 nitrogen and oxygen atoms in total. The maximum Gasteiger partial charge on any atom is 0.262 e. The number of amides is 1. The number of nitrogens with one attached hydrogen (secondary N) is 1. The molecule has 0 aliphatic carbocycles. The number of benzene rings is 2. The van der Waals surface area contributed by atoms with Crippen LogP contribution in [0, 0.1) is 13.8 Å². The Balaban J connectivity index is 1.47. The van der Waals surface area contributed by atoms with Crippen LogP contribution in [-0.4, -0.2) is 27.3 Å². The number of hydrogen-bond donors (Lipinski definition) is 1. The van der Waals surface area contributed by atoms with E-state index in [-0.39, 0.29) is 12.5 Å². The van der Waals surface area contributed by atoms with Gasteiger partial charge in [-0.1, -0.05) is 30.3 Å². The van der Waals surface area contributed by atoms with Crippen LogP contribution in [0.4, 0.5) is 5.69 Å². The second-order valence-corrected chi connectivity index (χ2v) is 6.96. The van der Waals surface area contributed by atoms with Crippen LogP contribution in [0.2, 0.25) is 0 Å². The Morgan fingerprint density at radius 3 is 2.60 bits per heavy atom. The normalized spacial score (nSPS) is 10.8. The first-order valence-electron chi connectivity index (χ1n) is 9.57. The fourth-order valence-electron chi connectivity index (χ4n) is 3.24. The van der Waals surface area contributed by atoms with Crippen LogP contribution in [0.3, 0.4) is 0 Å². The summed E-state index contributed by atoms with van der Waals surface area (Å²) < 4.78 is 13.3. The van der Waals surface area contributed by atoms with Crippen molar-refractivity contribution in [3.05, 3.63) is 71.9 Å². The molecule has 2 heterocycles. The first-order chi connectivity index (χ1) is 14.5. The van der Waals surface area contributed by atoms with Crippen LogP contribution in [0.1, 0.15) is 11.3 Å². The van der Waals surface area contributed by atoms with Gasteiger partial charge in [-0.15, -0.1) is 5.10 Å². The van der Waals surface area contributed by atoms with Crippen molar-refractivity contribution in [1.29, 1.82) is 0 Å². The van der Waals surface area contributed by atoms with Gasteiger partial charge in [0.05, 0.1) is 11.1 Å². The van der Waals surface area contributed by atoms with Crippen molar-refractivity contribution < 1.29 is 14.3 Å². The van der Waals surface area contributed by atoms with Gasteiger partial charge in [-0.25, -0.2) is 9.67 Å². The van der Waals surface area contributed by atoms with Crippen molar-refractivity contribution in [2.24, 2.45) is 7.05 Å². The zero-order valence-corrected chi connectivity index (χ0v) is 17.0. The summed E-state index contributed by atoms with van der Waals surface area (Å²) in [7, 11) is 1.80. The molecule has 0 aliphatic heterocycles.